The number of nitrogens with zero attached hydrogens (tertiary/aromatic N) is 2. The molecule has 0 saturated carbocycles. The quantitative estimate of drug-likeness (QED) is 0.646. The highest BCUT2D eigenvalue weighted by molar-refractivity contribution is 5.44. The molecule has 0 amide bonds. The number of methoxy groups -OCH3 is 2. The Hall–Kier alpha value is -1.40. The lowest BCUT2D eigenvalue weighted by Gasteiger charge is -2.09. The van der Waals surface area contributed by atoms with Gasteiger partial charge < -0.3 is 20.5 Å². The Morgan fingerprint density at radius 1 is 1.38 bits per heavy atom. The van der Waals surface area contributed by atoms with Gasteiger partial charge in [0.25, 0.3) is 0 Å². The molecule has 0 unspecified atom stereocenters. The molecule has 0 fully saturated rings. The van der Waals surface area contributed by atoms with E-state index < -0.39 is 0 Å². The molecule has 3 N–H and O–H groups in total. The molecule has 16 heavy (non-hydrogen) atoms. The van der Waals surface area contributed by atoms with Gasteiger partial charge in [-0.25, -0.2) is 9.97 Å². The van der Waals surface area contributed by atoms with Gasteiger partial charge in [-0.2, -0.15) is 0 Å². The Balaban J connectivity index is 2.46. The predicted octanol–water partition coefficient (Wildman–Crippen LogP) is 0.194. The topological polar surface area (TPSA) is 82.3 Å². The summed E-state index contributed by atoms with van der Waals surface area (Å²) in [6, 6.07) is 0. The maximum Gasteiger partial charge on any atom is 0.222 e. The monoisotopic (exact) mass is 226 g/mol. The average Bonchev–Trinajstić information content (AvgIpc) is 2.30. The smallest absolute Gasteiger partial charge is 0.222 e. The molecule has 1 heterocycles. The molecule has 0 spiro atoms. The van der Waals surface area contributed by atoms with Gasteiger partial charge in [0.2, 0.25) is 5.88 Å². The number of anilines is 1. The van der Waals surface area contributed by atoms with Crippen LogP contribution in [-0.2, 0) is 11.3 Å². The van der Waals surface area contributed by atoms with E-state index in [1.54, 1.807) is 14.2 Å². The summed E-state index contributed by atoms with van der Waals surface area (Å²) >= 11 is 0. The summed E-state index contributed by atoms with van der Waals surface area (Å²) in [6.07, 6.45) is 2.34. The molecule has 0 radical (unpaired) electrons. The molecule has 1 aromatic heterocycles. The van der Waals surface area contributed by atoms with Gasteiger partial charge in [-0.1, -0.05) is 0 Å². The minimum absolute atomic E-state index is 0.450. The Morgan fingerprint density at radius 2 is 2.19 bits per heavy atom. The third-order valence-electron chi connectivity index (χ3n) is 2.14. The van der Waals surface area contributed by atoms with E-state index in [1.165, 1.54) is 6.33 Å². The second-order valence-electron chi connectivity index (χ2n) is 3.27. The number of rotatable bonds is 7. The molecule has 1 aromatic rings. The first-order chi connectivity index (χ1) is 7.79. The van der Waals surface area contributed by atoms with Crippen LogP contribution in [0.1, 0.15) is 12.0 Å². The fourth-order valence-electron chi connectivity index (χ4n) is 1.31. The van der Waals surface area contributed by atoms with Gasteiger partial charge in [0.1, 0.15) is 12.1 Å². The molecule has 1 rings (SSSR count). The highest BCUT2D eigenvalue weighted by Gasteiger charge is 2.08. The van der Waals surface area contributed by atoms with E-state index in [4.69, 9.17) is 15.2 Å². The second kappa shape index (κ2) is 6.97. The van der Waals surface area contributed by atoms with Crippen LogP contribution >= 0.6 is 0 Å². The van der Waals surface area contributed by atoms with Crippen LogP contribution in [0.4, 0.5) is 5.82 Å². The van der Waals surface area contributed by atoms with Gasteiger partial charge >= 0.3 is 0 Å². The van der Waals surface area contributed by atoms with Crippen LogP contribution in [0.5, 0.6) is 5.88 Å². The molecule has 0 aliphatic rings. The van der Waals surface area contributed by atoms with Crippen LogP contribution < -0.4 is 15.8 Å². The van der Waals surface area contributed by atoms with Crippen molar-refractivity contribution in [2.45, 2.75) is 13.0 Å². The Morgan fingerprint density at radius 3 is 2.88 bits per heavy atom. The standard InChI is InChI=1S/C10H18N4O2/c1-15-5-3-4-12-6-8-9(11)13-7-14-10(8)16-2/h7,12H,3-6H2,1-2H3,(H2,11,13,14). The van der Waals surface area contributed by atoms with E-state index in [-0.39, 0.29) is 0 Å². The maximum absolute atomic E-state index is 5.74. The van der Waals surface area contributed by atoms with Crippen molar-refractivity contribution in [3.05, 3.63) is 11.9 Å². The van der Waals surface area contributed by atoms with Gasteiger partial charge in [-0.15, -0.1) is 0 Å². The van der Waals surface area contributed by atoms with E-state index in [1.807, 2.05) is 0 Å². The minimum Gasteiger partial charge on any atom is -0.481 e. The first-order valence-electron chi connectivity index (χ1n) is 5.12. The van der Waals surface area contributed by atoms with Gasteiger partial charge in [0.15, 0.2) is 0 Å². The SMILES string of the molecule is COCCCNCc1c(N)ncnc1OC. The molecule has 0 aliphatic carbocycles. The zero-order valence-corrected chi connectivity index (χ0v) is 9.69. The van der Waals surface area contributed by atoms with Crippen LogP contribution in [0.3, 0.4) is 0 Å². The van der Waals surface area contributed by atoms with Gasteiger partial charge in [0, 0.05) is 20.3 Å². The summed E-state index contributed by atoms with van der Waals surface area (Å²) in [7, 11) is 3.25. The van der Waals surface area contributed by atoms with Gasteiger partial charge in [-0.05, 0) is 13.0 Å². The summed E-state index contributed by atoms with van der Waals surface area (Å²) in [6.45, 7) is 2.19. The van der Waals surface area contributed by atoms with E-state index >= 15 is 0 Å². The lowest BCUT2D eigenvalue weighted by molar-refractivity contribution is 0.194. The number of aromatic nitrogens is 2. The third kappa shape index (κ3) is 3.63. The second-order valence-corrected chi connectivity index (χ2v) is 3.27. The number of ether oxygens (including phenoxy) is 2. The highest BCUT2D eigenvalue weighted by Crippen LogP contribution is 2.18. The van der Waals surface area contributed by atoms with Crippen molar-refractivity contribution in [2.75, 3.05) is 33.1 Å². The third-order valence-corrected chi connectivity index (χ3v) is 2.14. The summed E-state index contributed by atoms with van der Waals surface area (Å²) in [5.74, 6) is 0.970. The van der Waals surface area contributed by atoms with Crippen molar-refractivity contribution in [3.63, 3.8) is 0 Å². The molecule has 6 heteroatoms. The molecular formula is C10H18N4O2. The van der Waals surface area contributed by atoms with Crippen LogP contribution in [0, 0.1) is 0 Å². The van der Waals surface area contributed by atoms with Crippen molar-refractivity contribution in [1.82, 2.24) is 15.3 Å². The highest BCUT2D eigenvalue weighted by atomic mass is 16.5. The molecule has 0 aliphatic heterocycles. The zero-order chi connectivity index (χ0) is 11.8. The van der Waals surface area contributed by atoms with E-state index in [2.05, 4.69) is 15.3 Å². The van der Waals surface area contributed by atoms with Crippen LogP contribution in [0.15, 0.2) is 6.33 Å². The largest absolute Gasteiger partial charge is 0.481 e. The average molecular weight is 226 g/mol. The van der Waals surface area contributed by atoms with Gasteiger partial charge in [-0.3, -0.25) is 0 Å². The summed E-state index contributed by atoms with van der Waals surface area (Å²) in [5, 5.41) is 3.23. The van der Waals surface area contributed by atoms with Crippen molar-refractivity contribution in [1.29, 1.82) is 0 Å². The zero-order valence-electron chi connectivity index (χ0n) is 9.69. The molecule has 90 valence electrons. The van der Waals surface area contributed by atoms with Crippen molar-refractivity contribution < 1.29 is 9.47 Å². The summed E-state index contributed by atoms with van der Waals surface area (Å²) in [5.41, 5.74) is 6.54. The molecule has 0 bridgehead atoms. The Bertz CT molecular complexity index is 320. The van der Waals surface area contributed by atoms with Crippen molar-refractivity contribution in [2.24, 2.45) is 0 Å². The van der Waals surface area contributed by atoms with E-state index in [9.17, 15) is 0 Å². The Labute approximate surface area is 95.2 Å². The van der Waals surface area contributed by atoms with Gasteiger partial charge in [0.05, 0.1) is 12.7 Å². The number of hydrogen-bond acceptors (Lipinski definition) is 6. The van der Waals surface area contributed by atoms with Crippen LogP contribution in [0.25, 0.3) is 0 Å². The minimum atomic E-state index is 0.450. The van der Waals surface area contributed by atoms with E-state index in [0.29, 0.717) is 18.2 Å². The number of nitrogen functional groups attached to an aromatic ring is 1. The van der Waals surface area contributed by atoms with Crippen molar-refractivity contribution >= 4 is 5.82 Å². The number of hydrogen-bond donors (Lipinski definition) is 2. The molecule has 6 nitrogen and oxygen atoms in total. The Kier molecular flexibility index (Phi) is 5.52. The lowest BCUT2D eigenvalue weighted by atomic mass is 10.3. The summed E-state index contributed by atoms with van der Waals surface area (Å²) < 4.78 is 10.1. The predicted molar refractivity (Wildman–Crippen MR) is 61.2 cm³/mol. The molecule has 0 atom stereocenters. The van der Waals surface area contributed by atoms with Crippen LogP contribution in [-0.4, -0.2) is 37.3 Å². The maximum atomic E-state index is 5.74. The van der Waals surface area contributed by atoms with Crippen molar-refractivity contribution in [3.8, 4) is 5.88 Å². The molecule has 0 aromatic carbocycles. The first kappa shape index (κ1) is 12.7. The summed E-state index contributed by atoms with van der Waals surface area (Å²) in [4.78, 5) is 7.92. The number of nitrogens with one attached hydrogen (secondary N) is 1. The first-order valence-corrected chi connectivity index (χ1v) is 5.12. The molecule has 0 saturated heterocycles. The van der Waals surface area contributed by atoms with E-state index in [0.717, 1.165) is 25.1 Å². The fraction of sp³-hybridized carbons (Fsp3) is 0.600. The molecular weight excluding hydrogens is 208 g/mol. The van der Waals surface area contributed by atoms with Crippen LogP contribution in [0.2, 0.25) is 0 Å². The normalized spacial score (nSPS) is 10.4. The number of nitrogens with two attached hydrogens (primary N) is 1. The fourth-order valence-corrected chi connectivity index (χ4v) is 1.31. The lowest BCUT2D eigenvalue weighted by Crippen LogP contribution is -2.18.